The van der Waals surface area contributed by atoms with Gasteiger partial charge in [0, 0.05) is 35.9 Å². The van der Waals surface area contributed by atoms with Gasteiger partial charge in [-0.15, -0.1) is 11.3 Å². The van der Waals surface area contributed by atoms with Gasteiger partial charge >= 0.3 is 6.18 Å². The highest BCUT2D eigenvalue weighted by molar-refractivity contribution is 7.11. The van der Waals surface area contributed by atoms with Crippen molar-refractivity contribution in [3.8, 4) is 0 Å². The number of anilines is 1. The molecule has 1 aromatic carbocycles. The Bertz CT molecular complexity index is 1050. The van der Waals surface area contributed by atoms with Gasteiger partial charge in [-0.2, -0.15) is 13.2 Å². The summed E-state index contributed by atoms with van der Waals surface area (Å²) in [5, 5.41) is 5.65. The molecule has 166 valence electrons. The number of guanidine groups is 1. The Kier molecular flexibility index (Phi) is 4.96. The van der Waals surface area contributed by atoms with Crippen LogP contribution in [0, 0.1) is 17.6 Å². The van der Waals surface area contributed by atoms with Gasteiger partial charge in [0.1, 0.15) is 11.6 Å². The number of aliphatic imine (C=N–C) groups is 2. The van der Waals surface area contributed by atoms with E-state index in [-0.39, 0.29) is 22.5 Å². The van der Waals surface area contributed by atoms with E-state index in [1.165, 1.54) is 0 Å². The number of aromatic nitrogens is 1. The number of thiazole rings is 1. The van der Waals surface area contributed by atoms with Gasteiger partial charge in [-0.1, -0.05) is 0 Å². The van der Waals surface area contributed by atoms with Crippen LogP contribution in [-0.2, 0) is 6.18 Å². The molecule has 0 amide bonds. The van der Waals surface area contributed by atoms with Gasteiger partial charge in [0.05, 0.1) is 0 Å². The Hall–Kier alpha value is -2.74. The number of nitrogens with two attached hydrogens (primary N) is 1. The van der Waals surface area contributed by atoms with Crippen molar-refractivity contribution in [1.29, 1.82) is 0 Å². The van der Waals surface area contributed by atoms with Gasteiger partial charge in [0.25, 0.3) is 0 Å². The minimum Gasteiger partial charge on any atom is -0.326 e. The number of nitrogens with one attached hydrogen (secondary N) is 2. The van der Waals surface area contributed by atoms with Gasteiger partial charge in [-0.3, -0.25) is 5.73 Å². The second-order valence-electron chi connectivity index (χ2n) is 7.11. The molecule has 1 aliphatic carbocycles. The summed E-state index contributed by atoms with van der Waals surface area (Å²) in [4.78, 5) is 11.6. The highest BCUT2D eigenvalue weighted by Crippen LogP contribution is 2.48. The molecule has 1 aliphatic heterocycles. The minimum absolute atomic E-state index is 0.0959. The van der Waals surface area contributed by atoms with E-state index >= 15 is 0 Å². The number of alkyl halides is 5. The van der Waals surface area contributed by atoms with E-state index in [0.717, 1.165) is 17.5 Å². The maximum Gasteiger partial charge on any atom is 0.434 e. The maximum atomic E-state index is 13.5. The van der Waals surface area contributed by atoms with Crippen LogP contribution in [0.3, 0.4) is 0 Å². The van der Waals surface area contributed by atoms with E-state index < -0.39 is 54.0 Å². The summed E-state index contributed by atoms with van der Waals surface area (Å²) < 4.78 is 92.5. The third-order valence-electron chi connectivity index (χ3n) is 4.63. The summed E-state index contributed by atoms with van der Waals surface area (Å²) in [6.07, 6.45) is -5.96. The third-order valence-corrected chi connectivity index (χ3v) is 5.48. The first-order valence-electron chi connectivity index (χ1n) is 8.73. The van der Waals surface area contributed by atoms with E-state index in [0.29, 0.717) is 17.4 Å². The Labute approximate surface area is 174 Å². The Morgan fingerprint density at radius 3 is 2.29 bits per heavy atom. The average molecular weight is 466 g/mol. The fourth-order valence-corrected chi connectivity index (χ4v) is 3.90. The highest BCUT2D eigenvalue weighted by atomic mass is 32.1. The molecule has 1 atom stereocenters. The predicted molar refractivity (Wildman–Crippen MR) is 98.8 cm³/mol. The molecule has 0 spiro atoms. The van der Waals surface area contributed by atoms with Crippen LogP contribution >= 0.6 is 11.3 Å². The molecule has 1 aromatic heterocycles. The number of rotatable bonds is 3. The summed E-state index contributed by atoms with van der Waals surface area (Å²) >= 11 is 0.603. The molecule has 4 N–H and O–H groups in total. The molecule has 0 radical (unpaired) electrons. The van der Waals surface area contributed by atoms with Crippen molar-refractivity contribution in [1.82, 2.24) is 10.3 Å². The van der Waals surface area contributed by atoms with E-state index in [2.05, 4.69) is 25.6 Å². The van der Waals surface area contributed by atoms with Crippen molar-refractivity contribution < 1.29 is 30.7 Å². The van der Waals surface area contributed by atoms with E-state index in [1.807, 2.05) is 0 Å². The van der Waals surface area contributed by atoms with Crippen LogP contribution in [0.15, 0.2) is 33.6 Å². The van der Waals surface area contributed by atoms with Crippen molar-refractivity contribution in [3.63, 3.8) is 0 Å². The van der Waals surface area contributed by atoms with Gasteiger partial charge < -0.3 is 10.6 Å². The number of nitrogens with zero attached hydrogens (tertiary/aromatic N) is 3. The van der Waals surface area contributed by atoms with Crippen molar-refractivity contribution >= 4 is 28.8 Å². The molecular formula is C17H13F7N6S. The van der Waals surface area contributed by atoms with Crippen LogP contribution in [0.5, 0.6) is 0 Å². The highest BCUT2D eigenvalue weighted by Gasteiger charge is 2.55. The zero-order valence-electron chi connectivity index (χ0n) is 15.3. The molecule has 1 fully saturated rings. The second kappa shape index (κ2) is 7.15. The zero-order chi connectivity index (χ0) is 22.6. The zero-order valence-corrected chi connectivity index (χ0v) is 16.1. The Morgan fingerprint density at radius 1 is 1.10 bits per heavy atom. The monoisotopic (exact) mass is 466 g/mol. The summed E-state index contributed by atoms with van der Waals surface area (Å²) in [7, 11) is 0. The first-order chi connectivity index (χ1) is 14.3. The molecule has 0 bridgehead atoms. The molecule has 4 rings (SSSR count). The van der Waals surface area contributed by atoms with Gasteiger partial charge in [0.2, 0.25) is 17.7 Å². The molecule has 1 saturated carbocycles. The van der Waals surface area contributed by atoms with E-state index in [4.69, 9.17) is 5.73 Å². The minimum atomic E-state index is -4.70. The van der Waals surface area contributed by atoms with Crippen LogP contribution in [0.4, 0.5) is 36.4 Å². The lowest BCUT2D eigenvalue weighted by molar-refractivity contribution is -0.140. The quantitative estimate of drug-likeness (QED) is 0.599. The summed E-state index contributed by atoms with van der Waals surface area (Å²) in [6, 6.07) is 2.49. The van der Waals surface area contributed by atoms with E-state index in [1.54, 1.807) is 0 Å². The predicted octanol–water partition coefficient (Wildman–Crippen LogP) is 3.92. The first kappa shape index (κ1) is 21.5. The smallest absolute Gasteiger partial charge is 0.326 e. The van der Waals surface area contributed by atoms with Gasteiger partial charge in [0.15, 0.2) is 16.5 Å². The molecule has 2 heterocycles. The van der Waals surface area contributed by atoms with Crippen molar-refractivity contribution in [2.24, 2.45) is 21.6 Å². The van der Waals surface area contributed by atoms with E-state index in [9.17, 15) is 30.7 Å². The number of benzene rings is 1. The Morgan fingerprint density at radius 2 is 1.74 bits per heavy atom. The normalized spacial score (nSPS) is 23.5. The largest absolute Gasteiger partial charge is 0.434 e. The molecular weight excluding hydrogens is 453 g/mol. The lowest BCUT2D eigenvalue weighted by atomic mass is 9.76. The lowest BCUT2D eigenvalue weighted by Crippen LogP contribution is -2.58. The van der Waals surface area contributed by atoms with Crippen LogP contribution in [0.1, 0.15) is 23.5 Å². The number of halogens is 7. The number of hydrogen-bond donors (Lipinski definition) is 3. The molecule has 0 saturated heterocycles. The SMILES string of the molecule is NC1(C2CC(F)(F)C2)N=C(Nc2cc(F)cc(F)c2)NC(c2nc(C(F)(F)F)cs2)=N1. The first-order valence-corrected chi connectivity index (χ1v) is 9.61. The van der Waals surface area contributed by atoms with Gasteiger partial charge in [-0.25, -0.2) is 32.5 Å². The molecule has 1 unspecified atom stereocenters. The Balaban J connectivity index is 1.68. The average Bonchev–Trinajstić information content (AvgIpc) is 3.09. The molecule has 2 aromatic rings. The molecule has 6 nitrogen and oxygen atoms in total. The van der Waals surface area contributed by atoms with Crippen LogP contribution in [0.2, 0.25) is 0 Å². The van der Waals surface area contributed by atoms with Gasteiger partial charge in [-0.05, 0) is 12.1 Å². The van der Waals surface area contributed by atoms with Crippen LogP contribution < -0.4 is 16.4 Å². The van der Waals surface area contributed by atoms with Crippen molar-refractivity contribution in [2.45, 2.75) is 30.7 Å². The second-order valence-corrected chi connectivity index (χ2v) is 7.97. The topological polar surface area (TPSA) is 87.7 Å². The molecule has 31 heavy (non-hydrogen) atoms. The standard InChI is InChI=1S/C17H13F7N6S/c18-8-1-9(19)3-10(2-8)26-14-28-12(13-27-11(6-31-13)16(22,23)24)29-17(25,30-14)7-4-15(20,21)5-7/h1-3,6-7H,4-5,25H2,(H2,26,28,29,30). The maximum absolute atomic E-state index is 13.5. The van der Waals surface area contributed by atoms with Crippen molar-refractivity contribution in [3.05, 3.63) is 45.9 Å². The number of amidine groups is 1. The molecule has 2 aliphatic rings. The fraction of sp³-hybridized carbons (Fsp3) is 0.353. The summed E-state index contributed by atoms with van der Waals surface area (Å²) in [6.45, 7) is 0. The summed E-state index contributed by atoms with van der Waals surface area (Å²) in [5.74, 6) is -8.11. The van der Waals surface area contributed by atoms with Crippen molar-refractivity contribution in [2.75, 3.05) is 5.32 Å². The lowest BCUT2D eigenvalue weighted by Gasteiger charge is -2.43. The fourth-order valence-electron chi connectivity index (χ4n) is 3.13. The number of hydrogen-bond acceptors (Lipinski definition) is 7. The third kappa shape index (κ3) is 4.49. The summed E-state index contributed by atoms with van der Waals surface area (Å²) in [5.41, 5.74) is 4.86. The molecule has 14 heteroatoms. The van der Waals surface area contributed by atoms with Crippen LogP contribution in [0.25, 0.3) is 0 Å². The van der Waals surface area contributed by atoms with Crippen LogP contribution in [-0.4, -0.2) is 28.5 Å².